The second-order valence-corrected chi connectivity index (χ2v) is 6.93. The van der Waals surface area contributed by atoms with Crippen molar-refractivity contribution in [3.8, 4) is 11.3 Å². The van der Waals surface area contributed by atoms with Crippen LogP contribution in [0.3, 0.4) is 0 Å². The van der Waals surface area contributed by atoms with Gasteiger partial charge in [0.1, 0.15) is 11.6 Å². The summed E-state index contributed by atoms with van der Waals surface area (Å²) in [5.41, 5.74) is 1.96. The Labute approximate surface area is 182 Å². The summed E-state index contributed by atoms with van der Waals surface area (Å²) in [6.07, 6.45) is 0. The second kappa shape index (κ2) is 8.89. The first kappa shape index (κ1) is 21.0. The minimum Gasteiger partial charge on any atom is -0.340 e. The normalized spacial score (nSPS) is 10.6. The highest BCUT2D eigenvalue weighted by atomic mass is 19.2. The first-order chi connectivity index (χ1) is 15.4. The van der Waals surface area contributed by atoms with Gasteiger partial charge in [-0.15, -0.1) is 0 Å². The van der Waals surface area contributed by atoms with Gasteiger partial charge in [0.05, 0.1) is 11.4 Å². The summed E-state index contributed by atoms with van der Waals surface area (Å²) >= 11 is 0. The van der Waals surface area contributed by atoms with Crippen molar-refractivity contribution in [1.82, 2.24) is 9.97 Å². The van der Waals surface area contributed by atoms with E-state index in [-0.39, 0.29) is 5.56 Å². The number of rotatable bonds is 5. The Morgan fingerprint density at radius 2 is 1.62 bits per heavy atom. The lowest BCUT2D eigenvalue weighted by Crippen LogP contribution is -2.14. The summed E-state index contributed by atoms with van der Waals surface area (Å²) in [5.74, 6) is -4.02. The van der Waals surface area contributed by atoms with Gasteiger partial charge < -0.3 is 10.6 Å². The fourth-order valence-corrected chi connectivity index (χ4v) is 3.09. The van der Waals surface area contributed by atoms with E-state index in [9.17, 15) is 18.0 Å². The van der Waals surface area contributed by atoms with Gasteiger partial charge in [-0.2, -0.15) is 0 Å². The molecule has 3 aromatic carbocycles. The highest BCUT2D eigenvalue weighted by molar-refractivity contribution is 6.05. The molecule has 0 aliphatic heterocycles. The summed E-state index contributed by atoms with van der Waals surface area (Å²) in [7, 11) is 0. The lowest BCUT2D eigenvalue weighted by Gasteiger charge is -2.11. The average Bonchev–Trinajstić information content (AvgIpc) is 2.80. The number of carbonyl (C=O) groups excluding carboxylic acids is 1. The van der Waals surface area contributed by atoms with Crippen LogP contribution in [0.4, 0.5) is 30.4 Å². The molecule has 5 nitrogen and oxygen atoms in total. The lowest BCUT2D eigenvalue weighted by molar-refractivity contribution is 0.102. The predicted octanol–water partition coefficient (Wildman–Crippen LogP) is 5.87. The molecule has 0 aliphatic rings. The molecule has 1 aromatic heterocycles. The van der Waals surface area contributed by atoms with Crippen LogP contribution in [0.15, 0.2) is 72.8 Å². The van der Waals surface area contributed by atoms with Gasteiger partial charge in [0, 0.05) is 22.9 Å². The Kier molecular flexibility index (Phi) is 5.85. The van der Waals surface area contributed by atoms with E-state index in [1.807, 2.05) is 30.3 Å². The van der Waals surface area contributed by atoms with Crippen LogP contribution >= 0.6 is 0 Å². The van der Waals surface area contributed by atoms with Crippen molar-refractivity contribution in [3.05, 3.63) is 102 Å². The molecule has 32 heavy (non-hydrogen) atoms. The van der Waals surface area contributed by atoms with Crippen LogP contribution in [0.2, 0.25) is 0 Å². The number of benzene rings is 3. The third kappa shape index (κ3) is 4.59. The Morgan fingerprint density at radius 3 is 2.41 bits per heavy atom. The van der Waals surface area contributed by atoms with Crippen LogP contribution in [0.5, 0.6) is 0 Å². The Bertz CT molecular complexity index is 1300. The topological polar surface area (TPSA) is 66.9 Å². The maximum atomic E-state index is 13.9. The molecule has 4 aromatic rings. The number of carbonyl (C=O) groups is 1. The summed E-state index contributed by atoms with van der Waals surface area (Å²) in [6, 6.07) is 19.5. The van der Waals surface area contributed by atoms with E-state index in [1.54, 1.807) is 25.1 Å². The highest BCUT2D eigenvalue weighted by Gasteiger charge is 2.16. The minimum atomic E-state index is -1.65. The lowest BCUT2D eigenvalue weighted by atomic mass is 10.1. The van der Waals surface area contributed by atoms with E-state index < -0.39 is 29.0 Å². The van der Waals surface area contributed by atoms with Gasteiger partial charge in [-0.3, -0.25) is 4.79 Å². The van der Waals surface area contributed by atoms with Gasteiger partial charge in [0.2, 0.25) is 0 Å². The summed E-state index contributed by atoms with van der Waals surface area (Å²) in [4.78, 5) is 21.3. The summed E-state index contributed by atoms with van der Waals surface area (Å²) in [5, 5.41) is 5.38. The molecule has 0 aliphatic carbocycles. The van der Waals surface area contributed by atoms with Crippen molar-refractivity contribution in [2.75, 3.05) is 10.6 Å². The molecular weight excluding hydrogens is 417 g/mol. The third-order valence-electron chi connectivity index (χ3n) is 4.59. The van der Waals surface area contributed by atoms with Crippen molar-refractivity contribution in [2.24, 2.45) is 0 Å². The Hall–Kier alpha value is -4.20. The summed E-state index contributed by atoms with van der Waals surface area (Å²) in [6.45, 7) is 1.78. The first-order valence-electron chi connectivity index (χ1n) is 9.64. The van der Waals surface area contributed by atoms with Crippen LogP contribution in [-0.4, -0.2) is 15.9 Å². The number of nitrogens with one attached hydrogen (secondary N) is 2. The maximum Gasteiger partial charge on any atom is 0.255 e. The molecule has 0 saturated heterocycles. The maximum absolute atomic E-state index is 13.9. The smallest absolute Gasteiger partial charge is 0.255 e. The Balaban J connectivity index is 1.56. The van der Waals surface area contributed by atoms with Crippen molar-refractivity contribution in [2.45, 2.75) is 6.92 Å². The van der Waals surface area contributed by atoms with Crippen LogP contribution < -0.4 is 10.6 Å². The number of hydrogen-bond acceptors (Lipinski definition) is 4. The van der Waals surface area contributed by atoms with Crippen LogP contribution in [0.1, 0.15) is 16.2 Å². The number of nitrogens with zero attached hydrogens (tertiary/aromatic N) is 2. The minimum absolute atomic E-state index is 0.188. The largest absolute Gasteiger partial charge is 0.340 e. The number of anilines is 3. The zero-order valence-electron chi connectivity index (χ0n) is 16.9. The van der Waals surface area contributed by atoms with E-state index >= 15 is 0 Å². The molecule has 0 fully saturated rings. The standard InChI is InChI=1S/C24H17F3N4O/c1-14-28-20(15-6-3-2-4-7-15)13-21(29-14)30-17-9-5-8-16(12-17)24(32)31-19-11-10-18(25)22(26)23(19)27/h2-13H,1H3,(H,31,32)(H,28,29,30). The molecule has 1 amide bonds. The quantitative estimate of drug-likeness (QED) is 0.386. The molecule has 1 heterocycles. The fourth-order valence-electron chi connectivity index (χ4n) is 3.09. The van der Waals surface area contributed by atoms with Crippen molar-refractivity contribution >= 4 is 23.1 Å². The summed E-state index contributed by atoms with van der Waals surface area (Å²) < 4.78 is 40.4. The fraction of sp³-hybridized carbons (Fsp3) is 0.0417. The Morgan fingerprint density at radius 1 is 0.844 bits per heavy atom. The van der Waals surface area contributed by atoms with Crippen molar-refractivity contribution < 1.29 is 18.0 Å². The molecule has 2 N–H and O–H groups in total. The van der Waals surface area contributed by atoms with Crippen molar-refractivity contribution in [1.29, 1.82) is 0 Å². The molecule has 0 bridgehead atoms. The monoisotopic (exact) mass is 434 g/mol. The van der Waals surface area contributed by atoms with E-state index in [4.69, 9.17) is 0 Å². The number of amides is 1. The van der Waals surface area contributed by atoms with Gasteiger partial charge in [0.15, 0.2) is 17.5 Å². The van der Waals surface area contributed by atoms with Gasteiger partial charge in [0.25, 0.3) is 5.91 Å². The van der Waals surface area contributed by atoms with Crippen LogP contribution in [-0.2, 0) is 0 Å². The second-order valence-electron chi connectivity index (χ2n) is 6.93. The van der Waals surface area contributed by atoms with E-state index in [2.05, 4.69) is 20.6 Å². The highest BCUT2D eigenvalue weighted by Crippen LogP contribution is 2.24. The van der Waals surface area contributed by atoms with Crippen molar-refractivity contribution in [3.63, 3.8) is 0 Å². The molecule has 0 radical (unpaired) electrons. The van der Waals surface area contributed by atoms with E-state index in [0.717, 1.165) is 23.4 Å². The zero-order chi connectivity index (χ0) is 22.7. The van der Waals surface area contributed by atoms with Crippen LogP contribution in [0, 0.1) is 24.4 Å². The van der Waals surface area contributed by atoms with Gasteiger partial charge in [-0.1, -0.05) is 36.4 Å². The molecule has 8 heteroatoms. The van der Waals surface area contributed by atoms with E-state index in [1.165, 1.54) is 12.1 Å². The van der Waals surface area contributed by atoms with Gasteiger partial charge in [-0.25, -0.2) is 23.1 Å². The molecular formula is C24H17F3N4O. The molecule has 160 valence electrons. The molecule has 0 spiro atoms. The SMILES string of the molecule is Cc1nc(Nc2cccc(C(=O)Nc3ccc(F)c(F)c3F)c2)cc(-c2ccccc2)n1. The number of halogens is 3. The average molecular weight is 434 g/mol. The van der Waals surface area contributed by atoms with Gasteiger partial charge in [-0.05, 0) is 37.3 Å². The molecule has 0 atom stereocenters. The third-order valence-corrected chi connectivity index (χ3v) is 4.59. The zero-order valence-corrected chi connectivity index (χ0v) is 16.9. The number of hydrogen-bond donors (Lipinski definition) is 2. The number of aromatic nitrogens is 2. The first-order valence-corrected chi connectivity index (χ1v) is 9.64. The molecule has 0 unspecified atom stereocenters. The van der Waals surface area contributed by atoms with Gasteiger partial charge >= 0.3 is 0 Å². The predicted molar refractivity (Wildman–Crippen MR) is 116 cm³/mol. The number of aryl methyl sites for hydroxylation is 1. The van der Waals surface area contributed by atoms with Crippen LogP contribution in [0.25, 0.3) is 11.3 Å². The van der Waals surface area contributed by atoms with E-state index in [0.29, 0.717) is 17.3 Å². The molecule has 0 saturated carbocycles. The molecule has 4 rings (SSSR count).